The van der Waals surface area contributed by atoms with Gasteiger partial charge in [0.1, 0.15) is 23.7 Å². The van der Waals surface area contributed by atoms with E-state index < -0.39 is 31.4 Å². The summed E-state index contributed by atoms with van der Waals surface area (Å²) in [5, 5.41) is 16.5. The number of likely N-dealkylation sites (tertiary alicyclic amines) is 1. The van der Waals surface area contributed by atoms with Gasteiger partial charge in [0.25, 0.3) is 5.88 Å². The van der Waals surface area contributed by atoms with Gasteiger partial charge in [-0.15, -0.1) is 0 Å². The van der Waals surface area contributed by atoms with Crippen LogP contribution in [0.4, 0.5) is 0 Å². The molecule has 0 radical (unpaired) electrons. The number of aliphatic hydroxyl groups is 1. The van der Waals surface area contributed by atoms with Crippen LogP contribution in [0.25, 0.3) is 5.76 Å². The van der Waals surface area contributed by atoms with Crippen molar-refractivity contribution in [3.05, 3.63) is 81.1 Å². The Morgan fingerprint density at radius 1 is 1.07 bits per heavy atom. The third-order valence-corrected chi connectivity index (χ3v) is 17.7. The van der Waals surface area contributed by atoms with E-state index in [-0.39, 0.29) is 46.6 Å². The average molecular weight is 755 g/mol. The highest BCUT2D eigenvalue weighted by Crippen LogP contribution is 2.60. The summed E-state index contributed by atoms with van der Waals surface area (Å²) < 4.78 is 25.6. The van der Waals surface area contributed by atoms with Gasteiger partial charge in [0.15, 0.2) is 19.7 Å². The first-order valence-corrected chi connectivity index (χ1v) is 22.8. The van der Waals surface area contributed by atoms with Crippen molar-refractivity contribution in [3.8, 4) is 11.6 Å². The molecule has 0 unspecified atom stereocenters. The van der Waals surface area contributed by atoms with Crippen molar-refractivity contribution in [1.29, 1.82) is 0 Å². The first-order valence-electron chi connectivity index (χ1n) is 19.9. The zero-order valence-electron chi connectivity index (χ0n) is 33.6. The topological polar surface area (TPSA) is 111 Å². The van der Waals surface area contributed by atoms with Crippen LogP contribution in [0.5, 0.6) is 11.6 Å². The van der Waals surface area contributed by atoms with Gasteiger partial charge >= 0.3 is 0 Å². The molecule has 1 aromatic heterocycles. The molecule has 0 amide bonds. The maximum absolute atomic E-state index is 15.7. The van der Waals surface area contributed by atoms with Crippen LogP contribution in [0, 0.1) is 24.7 Å². The van der Waals surface area contributed by atoms with E-state index in [1.807, 2.05) is 37.3 Å². The van der Waals surface area contributed by atoms with Crippen LogP contribution in [-0.4, -0.2) is 67.4 Å². The van der Waals surface area contributed by atoms with Crippen molar-refractivity contribution in [1.82, 2.24) is 10.1 Å². The fourth-order valence-corrected chi connectivity index (χ4v) is 10.9. The Hall–Kier alpha value is -3.73. The maximum Gasteiger partial charge on any atom is 0.265 e. The van der Waals surface area contributed by atoms with E-state index in [9.17, 15) is 5.11 Å². The van der Waals surface area contributed by atoms with E-state index in [2.05, 4.69) is 63.8 Å². The van der Waals surface area contributed by atoms with Crippen LogP contribution in [-0.2, 0) is 28.7 Å². The second-order valence-electron chi connectivity index (χ2n) is 17.9. The van der Waals surface area contributed by atoms with E-state index in [0.717, 1.165) is 60.5 Å². The largest absolute Gasteiger partial charge is 0.507 e. The van der Waals surface area contributed by atoms with Crippen LogP contribution in [0.2, 0.25) is 18.1 Å². The monoisotopic (exact) mass is 754 g/mol. The summed E-state index contributed by atoms with van der Waals surface area (Å²) in [5.41, 5.74) is 3.13. The van der Waals surface area contributed by atoms with E-state index in [1.165, 1.54) is 12.8 Å². The van der Waals surface area contributed by atoms with E-state index in [1.54, 1.807) is 7.11 Å². The normalized spacial score (nSPS) is 24.4. The number of carbonyl (C=O) groups is 2. The van der Waals surface area contributed by atoms with Crippen molar-refractivity contribution < 1.29 is 33.1 Å². The zero-order valence-corrected chi connectivity index (χ0v) is 34.6. The standard InChI is InChI=1S/C44H58N2O7Si/c1-26(2)34-32-23-30-22-31-33(50-7)24-29(18-15-21-46-19-13-14-20-46)27(3)35(31)38(47)36(30)40(48)44(32,53-54(8,9)43(4,5)6)41(49)37-39(34)52-45-42(37)51-25-28-16-11-10-12-17-28/h10-12,16-17,24,26,30,32,34,47H,13-15,18-23,25H2,1-9H3/t30-,32-,34-,44-/m0/s1. The minimum Gasteiger partial charge on any atom is -0.507 e. The van der Waals surface area contributed by atoms with Crippen LogP contribution in [0.3, 0.4) is 0 Å². The van der Waals surface area contributed by atoms with Crippen molar-refractivity contribution in [2.45, 2.75) is 116 Å². The Morgan fingerprint density at radius 3 is 2.43 bits per heavy atom. The molecule has 2 fully saturated rings. The maximum atomic E-state index is 15.7. The van der Waals surface area contributed by atoms with Crippen molar-refractivity contribution >= 4 is 25.6 Å². The molecule has 54 heavy (non-hydrogen) atoms. The molecule has 4 aliphatic rings. The number of benzene rings is 2. The zero-order chi connectivity index (χ0) is 38.7. The number of carbonyl (C=O) groups excluding carboxylic acids is 2. The van der Waals surface area contributed by atoms with Crippen LogP contribution in [0.1, 0.15) is 110 Å². The molecule has 1 aliphatic heterocycles. The molecule has 2 aromatic carbocycles. The SMILES string of the molecule is COc1cc(CCCN2CCCC2)c(C)c2c1C[C@H]1C[C@H]3[C@H](C(C)C)c4onc(OCc5ccccc5)c4C(=O)[C@@]3(O[Si](C)(C)C(C)(C)C)C(=O)C1=C2O. The number of rotatable bonds is 11. The summed E-state index contributed by atoms with van der Waals surface area (Å²) in [6.07, 6.45) is 5.30. The van der Waals surface area contributed by atoms with Crippen LogP contribution >= 0.6 is 0 Å². The number of ether oxygens (including phenoxy) is 2. The quantitative estimate of drug-likeness (QED) is 0.151. The summed E-state index contributed by atoms with van der Waals surface area (Å²) in [4.78, 5) is 33.7. The first kappa shape index (κ1) is 38.5. The Bertz CT molecular complexity index is 1950. The van der Waals surface area contributed by atoms with Crippen LogP contribution < -0.4 is 9.47 Å². The molecule has 1 N–H and O–H groups in total. The summed E-state index contributed by atoms with van der Waals surface area (Å²) >= 11 is 0. The fourth-order valence-electron chi connectivity index (χ4n) is 9.42. The van der Waals surface area contributed by atoms with Gasteiger partial charge in [0.2, 0.25) is 11.6 Å². The summed E-state index contributed by atoms with van der Waals surface area (Å²) in [6, 6.07) is 11.8. The van der Waals surface area contributed by atoms with Gasteiger partial charge in [-0.25, -0.2) is 0 Å². The predicted molar refractivity (Wildman–Crippen MR) is 212 cm³/mol. The Kier molecular flexibility index (Phi) is 10.3. The summed E-state index contributed by atoms with van der Waals surface area (Å²) in [5.74, 6) is -0.988. The lowest BCUT2D eigenvalue weighted by molar-refractivity contribution is -0.138. The number of aromatic nitrogens is 1. The highest BCUT2D eigenvalue weighted by molar-refractivity contribution is 6.74. The second-order valence-corrected chi connectivity index (χ2v) is 22.6. The van der Waals surface area contributed by atoms with Crippen molar-refractivity contribution in [3.63, 3.8) is 0 Å². The van der Waals surface area contributed by atoms with Gasteiger partial charge in [0.05, 0.1) is 7.11 Å². The minimum absolute atomic E-state index is 0.0261. The molecular weight excluding hydrogens is 697 g/mol. The summed E-state index contributed by atoms with van der Waals surface area (Å²) in [7, 11) is -1.14. The number of aryl methyl sites for hydroxylation is 1. The lowest BCUT2D eigenvalue weighted by atomic mass is 9.54. The number of hydrogen-bond acceptors (Lipinski definition) is 9. The molecule has 9 nitrogen and oxygen atoms in total. The van der Waals surface area contributed by atoms with Crippen LogP contribution in [0.15, 0.2) is 46.5 Å². The lowest BCUT2D eigenvalue weighted by Crippen LogP contribution is -2.67. The molecular formula is C44H58N2O7Si. The van der Waals surface area contributed by atoms with Gasteiger partial charge < -0.3 is 28.4 Å². The average Bonchev–Trinajstić information content (AvgIpc) is 3.79. The highest BCUT2D eigenvalue weighted by Gasteiger charge is 2.68. The number of hydrogen-bond donors (Lipinski definition) is 1. The lowest BCUT2D eigenvalue weighted by Gasteiger charge is -2.55. The van der Waals surface area contributed by atoms with Gasteiger partial charge in [-0.2, -0.15) is 0 Å². The van der Waals surface area contributed by atoms with Gasteiger partial charge in [-0.1, -0.05) is 65.0 Å². The second kappa shape index (κ2) is 14.4. The van der Waals surface area contributed by atoms with Crippen molar-refractivity contribution in [2.24, 2.45) is 17.8 Å². The Balaban J connectivity index is 1.37. The minimum atomic E-state index is -2.82. The molecule has 1 saturated heterocycles. The van der Waals surface area contributed by atoms with Gasteiger partial charge in [-0.05, 0) is 123 Å². The molecule has 0 spiro atoms. The van der Waals surface area contributed by atoms with Gasteiger partial charge in [-0.3, -0.25) is 9.59 Å². The van der Waals surface area contributed by atoms with E-state index in [4.69, 9.17) is 18.4 Å². The highest BCUT2D eigenvalue weighted by atomic mass is 28.4. The fraction of sp³-hybridized carbons (Fsp3) is 0.568. The third kappa shape index (κ3) is 6.35. The molecule has 7 rings (SSSR count). The molecule has 3 aromatic rings. The van der Waals surface area contributed by atoms with Crippen molar-refractivity contribution in [2.75, 3.05) is 26.7 Å². The Labute approximate surface area is 321 Å². The van der Waals surface area contributed by atoms with E-state index in [0.29, 0.717) is 29.7 Å². The number of aliphatic hydroxyl groups excluding tert-OH is 1. The molecule has 3 aliphatic carbocycles. The molecule has 2 heterocycles. The van der Waals surface area contributed by atoms with E-state index >= 15 is 9.59 Å². The Morgan fingerprint density at radius 2 is 1.78 bits per heavy atom. The number of ketones is 2. The predicted octanol–water partition coefficient (Wildman–Crippen LogP) is 9.03. The molecule has 290 valence electrons. The molecule has 1 saturated carbocycles. The number of fused-ring (bicyclic) bond motifs is 4. The molecule has 10 heteroatoms. The third-order valence-electron chi connectivity index (χ3n) is 13.2. The molecule has 4 atom stereocenters. The smallest absolute Gasteiger partial charge is 0.265 e. The molecule has 0 bridgehead atoms. The summed E-state index contributed by atoms with van der Waals surface area (Å²) in [6.45, 7) is 20.2. The van der Waals surface area contributed by atoms with Gasteiger partial charge in [0, 0.05) is 28.5 Å². The number of methoxy groups -OCH3 is 1. The number of nitrogens with zero attached hydrogens (tertiary/aromatic N) is 2. The first-order chi connectivity index (χ1) is 25.6. The number of Topliss-reactive ketones (excluding diaryl/α,β-unsaturated/α-hetero) is 2.